The van der Waals surface area contributed by atoms with Crippen LogP contribution in [0.4, 0.5) is 13.2 Å². The Morgan fingerprint density at radius 1 is 1.29 bits per heavy atom. The highest BCUT2D eigenvalue weighted by Crippen LogP contribution is 2.36. The van der Waals surface area contributed by atoms with Crippen LogP contribution in [-0.2, 0) is 6.18 Å². The number of pyridine rings is 1. The van der Waals surface area contributed by atoms with E-state index in [1.165, 1.54) is 44.5 Å². The van der Waals surface area contributed by atoms with Gasteiger partial charge in [0.2, 0.25) is 0 Å². The Hall–Kier alpha value is -1.14. The van der Waals surface area contributed by atoms with E-state index < -0.39 is 17.8 Å². The number of nitrogens with zero attached hydrogens (tertiary/aromatic N) is 1. The summed E-state index contributed by atoms with van der Waals surface area (Å²) in [5, 5.41) is 0. The normalized spacial score (nSPS) is 18.7. The van der Waals surface area contributed by atoms with Gasteiger partial charge in [0.1, 0.15) is 0 Å². The molecule has 1 aromatic rings. The van der Waals surface area contributed by atoms with Crippen molar-refractivity contribution in [2.75, 3.05) is 0 Å². The summed E-state index contributed by atoms with van der Waals surface area (Å²) >= 11 is 0. The van der Waals surface area contributed by atoms with Gasteiger partial charge in [-0.1, -0.05) is 32.1 Å². The fourth-order valence-corrected chi connectivity index (χ4v) is 3.15. The van der Waals surface area contributed by atoms with Gasteiger partial charge in [-0.3, -0.25) is 16.3 Å². The zero-order chi connectivity index (χ0) is 15.3. The third kappa shape index (κ3) is 4.41. The predicted octanol–water partition coefficient (Wildman–Crippen LogP) is 3.97. The maximum absolute atomic E-state index is 13.0. The lowest BCUT2D eigenvalue weighted by molar-refractivity contribution is -0.138. The second-order valence-corrected chi connectivity index (χ2v) is 5.76. The van der Waals surface area contributed by atoms with Crippen LogP contribution in [0.5, 0.6) is 0 Å². The molecule has 0 saturated heterocycles. The van der Waals surface area contributed by atoms with Crippen molar-refractivity contribution in [1.82, 2.24) is 10.4 Å². The molecule has 1 fully saturated rings. The summed E-state index contributed by atoms with van der Waals surface area (Å²) in [7, 11) is 0. The number of hydrazine groups is 1. The van der Waals surface area contributed by atoms with Crippen LogP contribution >= 0.6 is 0 Å². The highest BCUT2D eigenvalue weighted by molar-refractivity contribution is 5.29. The summed E-state index contributed by atoms with van der Waals surface area (Å²) in [6, 6.07) is 0.512. The first-order valence-corrected chi connectivity index (χ1v) is 7.49. The van der Waals surface area contributed by atoms with E-state index in [4.69, 9.17) is 5.84 Å². The first-order chi connectivity index (χ1) is 10.0. The lowest BCUT2D eigenvalue weighted by atomic mass is 9.84. The molecule has 3 nitrogen and oxygen atoms in total. The number of rotatable bonds is 5. The average Bonchev–Trinajstić information content (AvgIpc) is 2.48. The lowest BCUT2D eigenvalue weighted by Crippen LogP contribution is -2.30. The van der Waals surface area contributed by atoms with Gasteiger partial charge in [0, 0.05) is 24.0 Å². The molecule has 1 aromatic heterocycles. The Morgan fingerprint density at radius 3 is 2.62 bits per heavy atom. The minimum atomic E-state index is -4.38. The minimum absolute atomic E-state index is 0.142. The summed E-state index contributed by atoms with van der Waals surface area (Å²) in [6.07, 6.45) is 5.66. The molecule has 2 rings (SSSR count). The maximum atomic E-state index is 13.0. The molecule has 1 saturated carbocycles. The minimum Gasteiger partial charge on any atom is -0.271 e. The average molecular weight is 301 g/mol. The summed E-state index contributed by atoms with van der Waals surface area (Å²) in [5.74, 6) is 6.10. The van der Waals surface area contributed by atoms with Crippen molar-refractivity contribution in [3.8, 4) is 0 Å². The quantitative estimate of drug-likeness (QED) is 0.639. The summed E-state index contributed by atoms with van der Waals surface area (Å²) < 4.78 is 39.1. The SMILES string of the molecule is NNC(CCC1CCCCC1)c1cnccc1C(F)(F)F. The fourth-order valence-electron chi connectivity index (χ4n) is 3.15. The third-order valence-electron chi connectivity index (χ3n) is 4.32. The van der Waals surface area contributed by atoms with Gasteiger partial charge in [-0.05, 0) is 24.8 Å². The molecule has 21 heavy (non-hydrogen) atoms. The van der Waals surface area contributed by atoms with Gasteiger partial charge >= 0.3 is 6.18 Å². The molecule has 3 N–H and O–H groups in total. The monoisotopic (exact) mass is 301 g/mol. The van der Waals surface area contributed by atoms with Gasteiger partial charge in [0.25, 0.3) is 0 Å². The zero-order valence-electron chi connectivity index (χ0n) is 12.0. The van der Waals surface area contributed by atoms with Gasteiger partial charge in [-0.25, -0.2) is 0 Å². The molecule has 1 aliphatic rings. The first-order valence-electron chi connectivity index (χ1n) is 7.49. The van der Waals surface area contributed by atoms with Crippen molar-refractivity contribution in [3.05, 3.63) is 29.6 Å². The molecular formula is C15H22F3N3. The molecule has 0 aromatic carbocycles. The largest absolute Gasteiger partial charge is 0.416 e. The molecule has 0 spiro atoms. The number of aromatic nitrogens is 1. The van der Waals surface area contributed by atoms with E-state index in [0.717, 1.165) is 12.5 Å². The van der Waals surface area contributed by atoms with Crippen LogP contribution in [0.2, 0.25) is 0 Å². The van der Waals surface area contributed by atoms with Crippen molar-refractivity contribution in [2.45, 2.75) is 57.2 Å². The molecule has 118 valence electrons. The van der Waals surface area contributed by atoms with Crippen LogP contribution in [0.3, 0.4) is 0 Å². The van der Waals surface area contributed by atoms with Gasteiger partial charge in [-0.2, -0.15) is 13.2 Å². The molecule has 6 heteroatoms. The molecule has 1 aliphatic carbocycles. The van der Waals surface area contributed by atoms with E-state index in [1.54, 1.807) is 0 Å². The molecular weight excluding hydrogens is 279 g/mol. The summed E-state index contributed by atoms with van der Waals surface area (Å²) in [4.78, 5) is 3.83. The molecule has 1 unspecified atom stereocenters. The second-order valence-electron chi connectivity index (χ2n) is 5.76. The van der Waals surface area contributed by atoms with Crippen molar-refractivity contribution >= 4 is 0 Å². The molecule has 0 amide bonds. The van der Waals surface area contributed by atoms with Gasteiger partial charge in [0.15, 0.2) is 0 Å². The summed E-state index contributed by atoms with van der Waals surface area (Å²) in [5.41, 5.74) is 2.02. The van der Waals surface area contributed by atoms with Crippen LogP contribution in [0.1, 0.15) is 62.1 Å². The van der Waals surface area contributed by atoms with E-state index in [-0.39, 0.29) is 5.56 Å². The Bertz CT molecular complexity index is 442. The summed E-state index contributed by atoms with van der Waals surface area (Å²) in [6.45, 7) is 0. The number of alkyl halides is 3. The smallest absolute Gasteiger partial charge is 0.271 e. The van der Waals surface area contributed by atoms with Crippen molar-refractivity contribution in [1.29, 1.82) is 0 Å². The van der Waals surface area contributed by atoms with Crippen molar-refractivity contribution in [3.63, 3.8) is 0 Å². The van der Waals surface area contributed by atoms with Crippen LogP contribution in [-0.4, -0.2) is 4.98 Å². The number of hydrogen-bond acceptors (Lipinski definition) is 3. The topological polar surface area (TPSA) is 50.9 Å². The van der Waals surface area contributed by atoms with Gasteiger partial charge < -0.3 is 0 Å². The predicted molar refractivity (Wildman–Crippen MR) is 75.1 cm³/mol. The van der Waals surface area contributed by atoms with Crippen LogP contribution in [0.25, 0.3) is 0 Å². The van der Waals surface area contributed by atoms with Crippen molar-refractivity contribution in [2.24, 2.45) is 11.8 Å². The van der Waals surface area contributed by atoms with Crippen molar-refractivity contribution < 1.29 is 13.2 Å². The number of halogens is 3. The van der Waals surface area contributed by atoms with Crippen LogP contribution in [0, 0.1) is 5.92 Å². The molecule has 0 radical (unpaired) electrons. The first kappa shape index (κ1) is 16.2. The second kappa shape index (κ2) is 7.22. The number of nitrogens with one attached hydrogen (secondary N) is 1. The zero-order valence-corrected chi connectivity index (χ0v) is 12.0. The highest BCUT2D eigenvalue weighted by atomic mass is 19.4. The Kier molecular flexibility index (Phi) is 5.58. The highest BCUT2D eigenvalue weighted by Gasteiger charge is 2.35. The number of hydrogen-bond donors (Lipinski definition) is 2. The third-order valence-corrected chi connectivity index (χ3v) is 4.32. The fraction of sp³-hybridized carbons (Fsp3) is 0.667. The Labute approximate surface area is 123 Å². The van der Waals surface area contributed by atoms with E-state index >= 15 is 0 Å². The molecule has 1 atom stereocenters. The molecule has 1 heterocycles. The van der Waals surface area contributed by atoms with Crippen LogP contribution < -0.4 is 11.3 Å². The standard InChI is InChI=1S/C15H22F3N3/c16-15(17,18)13-8-9-20-10-12(13)14(21-19)7-6-11-4-2-1-3-5-11/h8-11,14,21H,1-7,19H2. The molecule has 0 bridgehead atoms. The Morgan fingerprint density at radius 2 is 2.00 bits per heavy atom. The van der Waals surface area contributed by atoms with E-state index in [0.29, 0.717) is 12.3 Å². The maximum Gasteiger partial charge on any atom is 0.416 e. The molecule has 0 aliphatic heterocycles. The van der Waals surface area contributed by atoms with E-state index in [2.05, 4.69) is 10.4 Å². The van der Waals surface area contributed by atoms with Gasteiger partial charge in [-0.15, -0.1) is 0 Å². The Balaban J connectivity index is 2.06. The van der Waals surface area contributed by atoms with Gasteiger partial charge in [0.05, 0.1) is 5.56 Å². The number of nitrogens with two attached hydrogens (primary N) is 1. The van der Waals surface area contributed by atoms with Crippen LogP contribution in [0.15, 0.2) is 18.5 Å². The van der Waals surface area contributed by atoms with E-state index in [1.807, 2.05) is 0 Å². The lowest BCUT2D eigenvalue weighted by Gasteiger charge is -2.25. The van der Waals surface area contributed by atoms with E-state index in [9.17, 15) is 13.2 Å².